The molecule has 6 heteroatoms. The highest BCUT2D eigenvalue weighted by Crippen LogP contribution is 2.17. The summed E-state index contributed by atoms with van der Waals surface area (Å²) in [4.78, 5) is 12.1. The average molecular weight is 332 g/mol. The largest absolute Gasteiger partial charge is 0.350 e. The topological polar surface area (TPSA) is 66.5 Å². The molecule has 0 saturated carbocycles. The third-order valence-electron chi connectivity index (χ3n) is 3.34. The molecule has 0 fully saturated rings. The number of amides is 1. The van der Waals surface area contributed by atoms with Crippen molar-refractivity contribution in [3.63, 3.8) is 0 Å². The molecular weight excluding hydrogens is 312 g/mol. The molecule has 1 amide bonds. The molecule has 0 bridgehead atoms. The Hall–Kier alpha value is -2.34. The van der Waals surface area contributed by atoms with E-state index in [1.807, 2.05) is 49.4 Å². The number of benzene rings is 2. The zero-order valence-electron chi connectivity index (χ0n) is 13.2. The quantitative estimate of drug-likeness (QED) is 0.881. The molecule has 0 spiro atoms. The molecule has 23 heavy (non-hydrogen) atoms. The predicted molar refractivity (Wildman–Crippen MR) is 91.7 cm³/mol. The van der Waals surface area contributed by atoms with E-state index in [-0.39, 0.29) is 12.5 Å². The Kier molecular flexibility index (Phi) is 5.39. The van der Waals surface area contributed by atoms with Gasteiger partial charge in [-0.2, -0.15) is 0 Å². The van der Waals surface area contributed by atoms with Crippen LogP contribution in [-0.4, -0.2) is 27.1 Å². The summed E-state index contributed by atoms with van der Waals surface area (Å²) in [6.07, 6.45) is 1.09. The lowest BCUT2D eigenvalue weighted by molar-refractivity contribution is -0.119. The normalized spacial score (nSPS) is 11.0. The summed E-state index contributed by atoms with van der Waals surface area (Å²) in [5, 5.41) is 2.74. The minimum absolute atomic E-state index is 0.241. The molecule has 0 saturated heterocycles. The molecule has 2 aromatic carbocycles. The number of nitrogens with zero attached hydrogens (tertiary/aromatic N) is 1. The standard InChI is InChI=1S/C17H20N2O3S/c1-14-8-10-16(11-9-14)19(23(2,21)22)13-17(20)18-12-15-6-4-3-5-7-15/h3-11H,12-13H2,1-2H3,(H,18,20). The highest BCUT2D eigenvalue weighted by Gasteiger charge is 2.20. The molecule has 2 aromatic rings. The maximum absolute atomic E-state index is 12.1. The molecule has 0 aliphatic rings. The SMILES string of the molecule is Cc1ccc(N(CC(=O)NCc2ccccc2)S(C)(=O)=O)cc1. The van der Waals surface area contributed by atoms with Crippen LogP contribution in [0.15, 0.2) is 54.6 Å². The maximum atomic E-state index is 12.1. The molecule has 0 heterocycles. The molecule has 5 nitrogen and oxygen atoms in total. The zero-order valence-corrected chi connectivity index (χ0v) is 14.0. The minimum atomic E-state index is -3.54. The van der Waals surface area contributed by atoms with Gasteiger partial charge >= 0.3 is 0 Å². The van der Waals surface area contributed by atoms with Gasteiger partial charge in [-0.1, -0.05) is 48.0 Å². The van der Waals surface area contributed by atoms with Crippen molar-refractivity contribution in [1.82, 2.24) is 5.32 Å². The van der Waals surface area contributed by atoms with Gasteiger partial charge in [0.05, 0.1) is 11.9 Å². The van der Waals surface area contributed by atoms with E-state index in [0.717, 1.165) is 21.7 Å². The van der Waals surface area contributed by atoms with Gasteiger partial charge in [0.25, 0.3) is 0 Å². The van der Waals surface area contributed by atoms with Crippen molar-refractivity contribution in [2.75, 3.05) is 17.1 Å². The van der Waals surface area contributed by atoms with Gasteiger partial charge in [-0.25, -0.2) is 8.42 Å². The summed E-state index contributed by atoms with van der Waals surface area (Å²) in [6.45, 7) is 2.04. The zero-order chi connectivity index (χ0) is 16.9. The number of hydrogen-bond acceptors (Lipinski definition) is 3. The van der Waals surface area contributed by atoms with E-state index in [2.05, 4.69) is 5.32 Å². The van der Waals surface area contributed by atoms with Crippen LogP contribution in [0.3, 0.4) is 0 Å². The second-order valence-corrected chi connectivity index (χ2v) is 7.27. The Morgan fingerprint density at radius 1 is 1.04 bits per heavy atom. The lowest BCUT2D eigenvalue weighted by Crippen LogP contribution is -2.40. The van der Waals surface area contributed by atoms with Crippen molar-refractivity contribution in [3.8, 4) is 0 Å². The highest BCUT2D eigenvalue weighted by atomic mass is 32.2. The Morgan fingerprint density at radius 2 is 1.65 bits per heavy atom. The summed E-state index contributed by atoms with van der Waals surface area (Å²) in [5.41, 5.74) is 2.46. The predicted octanol–water partition coefficient (Wildman–Crippen LogP) is 2.08. The van der Waals surface area contributed by atoms with Crippen LogP contribution >= 0.6 is 0 Å². The number of rotatable bonds is 6. The first-order chi connectivity index (χ1) is 10.9. The number of aryl methyl sites for hydroxylation is 1. The lowest BCUT2D eigenvalue weighted by Gasteiger charge is -2.22. The van der Waals surface area contributed by atoms with Gasteiger partial charge in [0, 0.05) is 6.54 Å². The minimum Gasteiger partial charge on any atom is -0.350 e. The van der Waals surface area contributed by atoms with Crippen LogP contribution in [0, 0.1) is 6.92 Å². The van der Waals surface area contributed by atoms with Crippen LogP contribution in [0.25, 0.3) is 0 Å². The number of hydrogen-bond donors (Lipinski definition) is 1. The molecule has 122 valence electrons. The van der Waals surface area contributed by atoms with Gasteiger partial charge in [-0.3, -0.25) is 9.10 Å². The van der Waals surface area contributed by atoms with E-state index in [9.17, 15) is 13.2 Å². The van der Waals surface area contributed by atoms with Crippen molar-refractivity contribution >= 4 is 21.6 Å². The number of anilines is 1. The monoisotopic (exact) mass is 332 g/mol. The van der Waals surface area contributed by atoms with E-state index in [4.69, 9.17) is 0 Å². The fourth-order valence-electron chi connectivity index (χ4n) is 2.09. The molecule has 0 aliphatic carbocycles. The van der Waals surface area contributed by atoms with Crippen LogP contribution in [-0.2, 0) is 21.4 Å². The molecule has 0 aliphatic heterocycles. The molecule has 0 radical (unpaired) electrons. The molecule has 1 N–H and O–H groups in total. The Morgan fingerprint density at radius 3 is 2.22 bits per heavy atom. The third-order valence-corrected chi connectivity index (χ3v) is 4.48. The van der Waals surface area contributed by atoms with Crippen LogP contribution in [0.2, 0.25) is 0 Å². The van der Waals surface area contributed by atoms with Crippen molar-refractivity contribution < 1.29 is 13.2 Å². The second kappa shape index (κ2) is 7.28. The number of carbonyl (C=O) groups is 1. The van der Waals surface area contributed by atoms with Gasteiger partial charge in [0.15, 0.2) is 0 Å². The van der Waals surface area contributed by atoms with Gasteiger partial charge in [-0.15, -0.1) is 0 Å². The lowest BCUT2D eigenvalue weighted by atomic mass is 10.2. The van der Waals surface area contributed by atoms with Crippen molar-refractivity contribution in [3.05, 3.63) is 65.7 Å². The first-order valence-electron chi connectivity index (χ1n) is 7.21. The molecule has 0 aromatic heterocycles. The van der Waals surface area contributed by atoms with Crippen LogP contribution in [0.1, 0.15) is 11.1 Å². The Labute approximate surface area is 137 Å². The van der Waals surface area contributed by atoms with Crippen LogP contribution < -0.4 is 9.62 Å². The smallest absolute Gasteiger partial charge is 0.241 e. The van der Waals surface area contributed by atoms with E-state index < -0.39 is 10.0 Å². The fraction of sp³-hybridized carbons (Fsp3) is 0.235. The summed E-state index contributed by atoms with van der Waals surface area (Å²) in [5.74, 6) is -0.347. The van der Waals surface area contributed by atoms with Gasteiger partial charge < -0.3 is 5.32 Å². The van der Waals surface area contributed by atoms with Crippen LogP contribution in [0.5, 0.6) is 0 Å². The van der Waals surface area contributed by atoms with E-state index in [0.29, 0.717) is 12.2 Å². The summed E-state index contributed by atoms with van der Waals surface area (Å²) in [7, 11) is -3.54. The number of sulfonamides is 1. The van der Waals surface area contributed by atoms with E-state index in [1.165, 1.54) is 0 Å². The van der Waals surface area contributed by atoms with E-state index >= 15 is 0 Å². The van der Waals surface area contributed by atoms with Gasteiger partial charge in [0.1, 0.15) is 6.54 Å². The first kappa shape index (κ1) is 17.0. The van der Waals surface area contributed by atoms with E-state index in [1.54, 1.807) is 12.1 Å². The number of nitrogens with one attached hydrogen (secondary N) is 1. The van der Waals surface area contributed by atoms with Crippen molar-refractivity contribution in [2.45, 2.75) is 13.5 Å². The summed E-state index contributed by atoms with van der Waals surface area (Å²) >= 11 is 0. The highest BCUT2D eigenvalue weighted by molar-refractivity contribution is 7.92. The summed E-state index contributed by atoms with van der Waals surface area (Å²) in [6, 6.07) is 16.5. The van der Waals surface area contributed by atoms with Crippen molar-refractivity contribution in [2.24, 2.45) is 0 Å². The summed E-state index contributed by atoms with van der Waals surface area (Å²) < 4.78 is 25.0. The number of carbonyl (C=O) groups excluding carboxylic acids is 1. The molecule has 2 rings (SSSR count). The van der Waals surface area contributed by atoms with Crippen LogP contribution in [0.4, 0.5) is 5.69 Å². The second-order valence-electron chi connectivity index (χ2n) is 5.37. The van der Waals surface area contributed by atoms with Crippen molar-refractivity contribution in [1.29, 1.82) is 0 Å². The van der Waals surface area contributed by atoms with Gasteiger partial charge in [0.2, 0.25) is 15.9 Å². The fourth-order valence-corrected chi connectivity index (χ4v) is 2.95. The Bertz CT molecular complexity index is 756. The molecular formula is C17H20N2O3S. The Balaban J connectivity index is 2.06. The molecule has 0 unspecified atom stereocenters. The molecule has 0 atom stereocenters. The van der Waals surface area contributed by atoms with Gasteiger partial charge in [-0.05, 0) is 24.6 Å². The third kappa shape index (κ3) is 5.10. The first-order valence-corrected chi connectivity index (χ1v) is 9.06. The average Bonchev–Trinajstić information content (AvgIpc) is 2.52. The maximum Gasteiger partial charge on any atom is 0.241 e.